The molecule has 1 aliphatic heterocycles. The van der Waals surface area contributed by atoms with Crippen LogP contribution in [0.4, 0.5) is 14.6 Å². The van der Waals surface area contributed by atoms with E-state index in [1.807, 2.05) is 26.0 Å². The lowest BCUT2D eigenvalue weighted by molar-refractivity contribution is 0.0951. The molecular formula is C18H26F2N4O. The summed E-state index contributed by atoms with van der Waals surface area (Å²) >= 11 is 0. The van der Waals surface area contributed by atoms with Crippen molar-refractivity contribution in [2.24, 2.45) is 13.0 Å². The van der Waals surface area contributed by atoms with Crippen LogP contribution in [0, 0.1) is 5.92 Å². The van der Waals surface area contributed by atoms with Gasteiger partial charge in [-0.2, -0.15) is 0 Å². The molecule has 2 aromatic rings. The van der Waals surface area contributed by atoms with Gasteiger partial charge in [-0.15, -0.1) is 0 Å². The van der Waals surface area contributed by atoms with Gasteiger partial charge in [0.25, 0.3) is 5.92 Å². The number of nitrogens with zero attached hydrogens (tertiary/aromatic N) is 4. The summed E-state index contributed by atoms with van der Waals surface area (Å²) < 4.78 is 29.3. The largest absolute Gasteiger partial charge is 0.357 e. The summed E-state index contributed by atoms with van der Waals surface area (Å²) in [6, 6.07) is 3.74. The Hall–Kier alpha value is -1.92. The molecule has 1 saturated carbocycles. The first kappa shape index (κ1) is 17.9. The van der Waals surface area contributed by atoms with E-state index in [1.54, 1.807) is 7.05 Å². The van der Waals surface area contributed by atoms with Crippen LogP contribution in [0.15, 0.2) is 16.9 Å². The van der Waals surface area contributed by atoms with Crippen LogP contribution < -0.4 is 10.6 Å². The van der Waals surface area contributed by atoms with E-state index in [0.29, 0.717) is 11.2 Å². The highest BCUT2D eigenvalue weighted by atomic mass is 19.3. The van der Waals surface area contributed by atoms with Gasteiger partial charge in [-0.1, -0.05) is 13.8 Å². The quantitative estimate of drug-likeness (QED) is 0.850. The molecule has 2 aliphatic rings. The second-order valence-electron chi connectivity index (χ2n) is 6.67. The zero-order valence-electron chi connectivity index (χ0n) is 15.1. The highest BCUT2D eigenvalue weighted by Gasteiger charge is 2.57. The average molecular weight is 352 g/mol. The topological polar surface area (TPSA) is 43.1 Å². The third kappa shape index (κ3) is 3.28. The maximum Gasteiger partial charge on any atom is 0.330 e. The second kappa shape index (κ2) is 6.77. The highest BCUT2D eigenvalue weighted by Crippen LogP contribution is 2.49. The van der Waals surface area contributed by atoms with Crippen LogP contribution in [0.1, 0.15) is 39.5 Å². The molecule has 1 aliphatic carbocycles. The van der Waals surface area contributed by atoms with E-state index in [1.165, 1.54) is 15.6 Å². The van der Waals surface area contributed by atoms with Gasteiger partial charge in [0.15, 0.2) is 5.65 Å². The molecule has 3 heterocycles. The number of pyridine rings is 1. The van der Waals surface area contributed by atoms with E-state index in [4.69, 9.17) is 0 Å². The van der Waals surface area contributed by atoms with E-state index < -0.39 is 11.8 Å². The van der Waals surface area contributed by atoms with Crippen molar-refractivity contribution in [2.45, 2.75) is 52.0 Å². The van der Waals surface area contributed by atoms with E-state index >= 15 is 0 Å². The van der Waals surface area contributed by atoms with Crippen LogP contribution in [0.5, 0.6) is 0 Å². The lowest BCUT2D eigenvalue weighted by atomic mass is 10.1. The number of aryl methyl sites for hydroxylation is 1. The number of alkyl halides is 2. The van der Waals surface area contributed by atoms with E-state index in [-0.39, 0.29) is 18.7 Å². The van der Waals surface area contributed by atoms with Crippen molar-refractivity contribution in [3.8, 4) is 0 Å². The maximum absolute atomic E-state index is 13.2. The Kier molecular flexibility index (Phi) is 4.84. The van der Waals surface area contributed by atoms with Crippen molar-refractivity contribution in [1.29, 1.82) is 0 Å². The molecule has 138 valence electrons. The molecule has 2 fully saturated rings. The third-order valence-corrected chi connectivity index (χ3v) is 5.00. The molecule has 0 bridgehead atoms. The number of hydrogen-bond acceptors (Lipinski definition) is 3. The summed E-state index contributed by atoms with van der Waals surface area (Å²) in [7, 11) is 1.65. The number of piperidine rings is 1. The van der Waals surface area contributed by atoms with Crippen LogP contribution in [0.25, 0.3) is 11.2 Å². The van der Waals surface area contributed by atoms with E-state index in [0.717, 1.165) is 31.7 Å². The molecule has 7 heteroatoms. The Morgan fingerprint density at radius 3 is 2.44 bits per heavy atom. The number of hydrogen-bond donors (Lipinski definition) is 0. The predicted octanol–water partition coefficient (Wildman–Crippen LogP) is 3.41. The minimum absolute atomic E-state index is 0.0634. The Morgan fingerprint density at radius 1 is 1.20 bits per heavy atom. The third-order valence-electron chi connectivity index (χ3n) is 5.00. The van der Waals surface area contributed by atoms with Gasteiger partial charge in [0, 0.05) is 39.0 Å². The Labute approximate surface area is 146 Å². The number of rotatable bonds is 3. The Morgan fingerprint density at radius 2 is 1.84 bits per heavy atom. The summed E-state index contributed by atoms with van der Waals surface area (Å²) in [5.74, 6) is -2.49. The van der Waals surface area contributed by atoms with Crippen LogP contribution in [-0.4, -0.2) is 33.1 Å². The summed E-state index contributed by atoms with van der Waals surface area (Å²) in [6.45, 7) is 6.01. The van der Waals surface area contributed by atoms with Crippen LogP contribution in [0.3, 0.4) is 0 Å². The molecular weight excluding hydrogens is 326 g/mol. The molecule has 25 heavy (non-hydrogen) atoms. The lowest BCUT2D eigenvalue weighted by Crippen LogP contribution is -2.30. The smallest absolute Gasteiger partial charge is 0.330 e. The molecule has 0 spiro atoms. The summed E-state index contributed by atoms with van der Waals surface area (Å²) in [4.78, 5) is 19.2. The first-order valence-corrected chi connectivity index (χ1v) is 9.16. The summed E-state index contributed by atoms with van der Waals surface area (Å²) in [5, 5.41) is 0. The molecule has 1 saturated heterocycles. The molecule has 0 aromatic carbocycles. The zero-order valence-corrected chi connectivity index (χ0v) is 15.1. The van der Waals surface area contributed by atoms with Gasteiger partial charge >= 0.3 is 5.69 Å². The summed E-state index contributed by atoms with van der Waals surface area (Å²) in [5.41, 5.74) is 0.939. The van der Waals surface area contributed by atoms with Crippen LogP contribution in [0.2, 0.25) is 0 Å². The van der Waals surface area contributed by atoms with Gasteiger partial charge in [-0.05, 0) is 31.4 Å². The Balaban J connectivity index is 0.000000880. The molecule has 0 radical (unpaired) electrons. The molecule has 1 atom stereocenters. The average Bonchev–Trinajstić information content (AvgIpc) is 3.19. The zero-order chi connectivity index (χ0) is 18.2. The highest BCUT2D eigenvalue weighted by molar-refractivity contribution is 5.74. The number of fused-ring (bicyclic) bond motifs is 1. The maximum atomic E-state index is 13.2. The minimum atomic E-state index is -2.62. The molecule has 0 amide bonds. The van der Waals surface area contributed by atoms with Crippen molar-refractivity contribution in [2.75, 3.05) is 18.0 Å². The molecule has 2 aromatic heterocycles. The van der Waals surface area contributed by atoms with Crippen molar-refractivity contribution in [3.05, 3.63) is 22.6 Å². The molecule has 4 rings (SSSR count). The van der Waals surface area contributed by atoms with Crippen molar-refractivity contribution in [1.82, 2.24) is 14.1 Å². The van der Waals surface area contributed by atoms with Crippen LogP contribution >= 0.6 is 0 Å². The fourth-order valence-corrected chi connectivity index (χ4v) is 3.43. The number of aromatic nitrogens is 3. The SMILES string of the molecule is CC.Cn1c(=O)n(CC2CC2(F)F)c2ccc(N3CCCCC3)nc21. The number of imidazole rings is 1. The minimum Gasteiger partial charge on any atom is -0.357 e. The molecule has 0 N–H and O–H groups in total. The fourth-order valence-electron chi connectivity index (χ4n) is 3.43. The van der Waals surface area contributed by atoms with Gasteiger partial charge in [0.05, 0.1) is 5.52 Å². The first-order valence-electron chi connectivity index (χ1n) is 9.16. The standard InChI is InChI=1S/C16H20F2N4O.C2H6/c1-20-14-12(22(15(20)23)10-11-9-16(11,17)18)5-6-13(19-14)21-7-3-2-4-8-21;1-2/h5-6,11H,2-4,7-10H2,1H3;1-2H3. The monoisotopic (exact) mass is 352 g/mol. The molecule has 1 unspecified atom stereocenters. The fraction of sp³-hybridized carbons (Fsp3) is 0.667. The Bertz CT molecular complexity index is 805. The van der Waals surface area contributed by atoms with Crippen molar-refractivity contribution in [3.63, 3.8) is 0 Å². The predicted molar refractivity (Wildman–Crippen MR) is 95.4 cm³/mol. The first-order chi connectivity index (χ1) is 12.0. The van der Waals surface area contributed by atoms with Gasteiger partial charge in [-0.3, -0.25) is 9.13 Å². The van der Waals surface area contributed by atoms with Gasteiger partial charge < -0.3 is 4.90 Å². The van der Waals surface area contributed by atoms with Gasteiger partial charge in [-0.25, -0.2) is 18.6 Å². The van der Waals surface area contributed by atoms with Gasteiger partial charge in [0.1, 0.15) is 5.82 Å². The normalized spacial score (nSPS) is 21.8. The van der Waals surface area contributed by atoms with E-state index in [9.17, 15) is 13.6 Å². The number of halogens is 2. The van der Waals surface area contributed by atoms with Gasteiger partial charge in [0.2, 0.25) is 0 Å². The van der Waals surface area contributed by atoms with E-state index in [2.05, 4.69) is 9.88 Å². The van der Waals surface area contributed by atoms with Crippen LogP contribution in [-0.2, 0) is 13.6 Å². The van der Waals surface area contributed by atoms with Crippen molar-refractivity contribution >= 4 is 17.0 Å². The van der Waals surface area contributed by atoms with Crippen molar-refractivity contribution < 1.29 is 8.78 Å². The summed E-state index contributed by atoms with van der Waals surface area (Å²) in [6.07, 6.45) is 3.41. The number of anilines is 1. The lowest BCUT2D eigenvalue weighted by Gasteiger charge is -2.27. The second-order valence-corrected chi connectivity index (χ2v) is 6.67. The molecule has 5 nitrogen and oxygen atoms in total.